The van der Waals surface area contributed by atoms with Crippen LogP contribution in [0.3, 0.4) is 0 Å². The number of carbonyl (C=O) groups excluding carboxylic acids is 1. The van der Waals surface area contributed by atoms with E-state index >= 15 is 0 Å². The first-order chi connectivity index (χ1) is 6.76. The highest BCUT2D eigenvalue weighted by molar-refractivity contribution is 7.98. The maximum Gasteiger partial charge on any atom is 0.150 e. The van der Waals surface area contributed by atoms with Gasteiger partial charge >= 0.3 is 0 Å². The predicted octanol–water partition coefficient (Wildman–Crippen LogP) is 3.74. The van der Waals surface area contributed by atoms with Crippen LogP contribution in [0.15, 0.2) is 22.4 Å². The van der Waals surface area contributed by atoms with E-state index in [4.69, 9.17) is 0 Å². The first-order valence-corrected chi connectivity index (χ1v) is 6.37. The van der Waals surface area contributed by atoms with E-state index in [0.29, 0.717) is 0 Å². The summed E-state index contributed by atoms with van der Waals surface area (Å²) in [5.74, 6) is 0. The van der Waals surface area contributed by atoms with Crippen molar-refractivity contribution in [3.05, 3.63) is 28.6 Å². The van der Waals surface area contributed by atoms with Crippen LogP contribution in [0, 0.1) is 6.92 Å². The van der Waals surface area contributed by atoms with Crippen molar-refractivity contribution in [3.8, 4) is 0 Å². The van der Waals surface area contributed by atoms with Gasteiger partial charge in [0.15, 0.2) is 6.29 Å². The number of benzene rings is 1. The molecule has 72 valence electrons. The van der Waals surface area contributed by atoms with E-state index in [2.05, 4.69) is 11.4 Å². The van der Waals surface area contributed by atoms with Gasteiger partial charge in [0, 0.05) is 20.5 Å². The molecule has 1 heterocycles. The van der Waals surface area contributed by atoms with Gasteiger partial charge in [-0.1, -0.05) is 0 Å². The molecule has 1 aromatic heterocycles. The summed E-state index contributed by atoms with van der Waals surface area (Å²) >= 11 is 3.37. The average molecular weight is 222 g/mol. The number of carbonyl (C=O) groups is 1. The highest BCUT2D eigenvalue weighted by atomic mass is 32.2. The Labute approximate surface area is 91.1 Å². The average Bonchev–Trinajstić information content (AvgIpc) is 2.59. The van der Waals surface area contributed by atoms with Gasteiger partial charge in [-0.15, -0.1) is 23.1 Å². The monoisotopic (exact) mass is 222 g/mol. The second kappa shape index (κ2) is 3.75. The number of thiophene rings is 1. The summed E-state index contributed by atoms with van der Waals surface area (Å²) < 4.78 is 1.21. The van der Waals surface area contributed by atoms with Crippen molar-refractivity contribution >= 4 is 39.5 Å². The lowest BCUT2D eigenvalue weighted by molar-refractivity contribution is 0.112. The summed E-state index contributed by atoms with van der Waals surface area (Å²) in [6.07, 6.45) is 2.97. The van der Waals surface area contributed by atoms with Crippen LogP contribution in [0.1, 0.15) is 15.9 Å². The number of thioether (sulfide) groups is 1. The largest absolute Gasteiger partial charge is 0.298 e. The second-order valence-electron chi connectivity index (χ2n) is 3.13. The molecule has 0 aliphatic rings. The summed E-state index contributed by atoms with van der Waals surface area (Å²) in [5, 5.41) is 3.21. The lowest BCUT2D eigenvalue weighted by Gasteiger charge is -2.00. The highest BCUT2D eigenvalue weighted by Gasteiger charge is 2.07. The Morgan fingerprint density at radius 3 is 2.86 bits per heavy atom. The SMILES string of the molecule is CSc1cc(C=O)c2c(C)csc2c1. The van der Waals surface area contributed by atoms with Crippen molar-refractivity contribution in [1.82, 2.24) is 0 Å². The first kappa shape index (κ1) is 9.74. The Bertz CT molecular complexity index is 485. The van der Waals surface area contributed by atoms with Crippen molar-refractivity contribution < 1.29 is 4.79 Å². The molecule has 0 atom stereocenters. The molecule has 2 aromatic rings. The van der Waals surface area contributed by atoms with Crippen LogP contribution < -0.4 is 0 Å². The number of hydrogen-bond donors (Lipinski definition) is 0. The van der Waals surface area contributed by atoms with Gasteiger partial charge in [0.05, 0.1) is 0 Å². The van der Waals surface area contributed by atoms with Crippen LogP contribution in [0.4, 0.5) is 0 Å². The highest BCUT2D eigenvalue weighted by Crippen LogP contribution is 2.31. The number of aryl methyl sites for hydroxylation is 1. The third-order valence-electron chi connectivity index (χ3n) is 2.23. The van der Waals surface area contributed by atoms with Gasteiger partial charge in [-0.05, 0) is 36.3 Å². The smallest absolute Gasteiger partial charge is 0.150 e. The molecule has 0 saturated carbocycles. The summed E-state index contributed by atoms with van der Waals surface area (Å²) in [4.78, 5) is 12.1. The van der Waals surface area contributed by atoms with Gasteiger partial charge < -0.3 is 0 Å². The molecule has 14 heavy (non-hydrogen) atoms. The molecule has 1 nitrogen and oxygen atoms in total. The van der Waals surface area contributed by atoms with Crippen LogP contribution in [-0.2, 0) is 0 Å². The molecule has 1 aromatic carbocycles. The van der Waals surface area contributed by atoms with Crippen LogP contribution in [0.2, 0.25) is 0 Å². The Balaban J connectivity index is 2.82. The van der Waals surface area contributed by atoms with Crippen molar-refractivity contribution in [3.63, 3.8) is 0 Å². The zero-order valence-electron chi connectivity index (χ0n) is 8.03. The van der Waals surface area contributed by atoms with Crippen molar-refractivity contribution in [2.24, 2.45) is 0 Å². The lowest BCUT2D eigenvalue weighted by Crippen LogP contribution is -1.83. The normalized spacial score (nSPS) is 10.7. The first-order valence-electron chi connectivity index (χ1n) is 4.27. The van der Waals surface area contributed by atoms with E-state index in [1.165, 1.54) is 10.3 Å². The summed E-state index contributed by atoms with van der Waals surface area (Å²) in [6, 6.07) is 4.10. The molecular weight excluding hydrogens is 212 g/mol. The molecule has 0 bridgehead atoms. The molecule has 0 unspecified atom stereocenters. The molecule has 0 spiro atoms. The van der Waals surface area contributed by atoms with E-state index in [1.54, 1.807) is 23.1 Å². The second-order valence-corrected chi connectivity index (χ2v) is 4.92. The van der Waals surface area contributed by atoms with E-state index in [1.807, 2.05) is 19.2 Å². The molecule has 0 N–H and O–H groups in total. The van der Waals surface area contributed by atoms with Gasteiger partial charge in [-0.3, -0.25) is 4.79 Å². The topological polar surface area (TPSA) is 17.1 Å². The van der Waals surface area contributed by atoms with Crippen LogP contribution in [0.5, 0.6) is 0 Å². The van der Waals surface area contributed by atoms with E-state index in [0.717, 1.165) is 22.1 Å². The van der Waals surface area contributed by atoms with Gasteiger partial charge in [-0.2, -0.15) is 0 Å². The van der Waals surface area contributed by atoms with Gasteiger partial charge in [0.25, 0.3) is 0 Å². The molecule has 0 fully saturated rings. The summed E-state index contributed by atoms with van der Waals surface area (Å²) in [6.45, 7) is 2.05. The predicted molar refractivity (Wildman–Crippen MR) is 63.7 cm³/mol. The summed E-state index contributed by atoms with van der Waals surface area (Å²) in [5.41, 5.74) is 2.00. The third kappa shape index (κ3) is 1.47. The minimum atomic E-state index is 0.811. The Kier molecular flexibility index (Phi) is 2.61. The van der Waals surface area contributed by atoms with Crippen LogP contribution in [-0.4, -0.2) is 12.5 Å². The van der Waals surface area contributed by atoms with Gasteiger partial charge in [0.2, 0.25) is 0 Å². The zero-order chi connectivity index (χ0) is 10.1. The molecule has 0 aliphatic heterocycles. The molecular formula is C11H10OS2. The molecule has 3 heteroatoms. The fourth-order valence-corrected chi connectivity index (χ4v) is 3.12. The van der Waals surface area contributed by atoms with Crippen molar-refractivity contribution in [2.45, 2.75) is 11.8 Å². The number of fused-ring (bicyclic) bond motifs is 1. The fourth-order valence-electron chi connectivity index (χ4n) is 1.55. The minimum Gasteiger partial charge on any atom is -0.298 e. The number of rotatable bonds is 2. The molecule has 0 radical (unpaired) electrons. The van der Waals surface area contributed by atoms with Crippen molar-refractivity contribution in [2.75, 3.05) is 6.26 Å². The van der Waals surface area contributed by atoms with Crippen LogP contribution >= 0.6 is 23.1 Å². The number of hydrogen-bond acceptors (Lipinski definition) is 3. The maximum atomic E-state index is 10.9. The van der Waals surface area contributed by atoms with Gasteiger partial charge in [0.1, 0.15) is 0 Å². The van der Waals surface area contributed by atoms with E-state index in [-0.39, 0.29) is 0 Å². The van der Waals surface area contributed by atoms with Crippen molar-refractivity contribution in [1.29, 1.82) is 0 Å². The quantitative estimate of drug-likeness (QED) is 0.568. The van der Waals surface area contributed by atoms with E-state index in [9.17, 15) is 4.79 Å². The minimum absolute atomic E-state index is 0.811. The molecule has 2 rings (SSSR count). The zero-order valence-corrected chi connectivity index (χ0v) is 9.67. The Morgan fingerprint density at radius 1 is 1.43 bits per heavy atom. The van der Waals surface area contributed by atoms with Gasteiger partial charge in [-0.25, -0.2) is 0 Å². The molecule has 0 aliphatic carbocycles. The maximum absolute atomic E-state index is 10.9. The molecule has 0 amide bonds. The number of aldehydes is 1. The summed E-state index contributed by atoms with van der Waals surface area (Å²) in [7, 11) is 0. The van der Waals surface area contributed by atoms with Crippen LogP contribution in [0.25, 0.3) is 10.1 Å². The fraction of sp³-hybridized carbons (Fsp3) is 0.182. The Morgan fingerprint density at radius 2 is 2.21 bits per heavy atom. The molecule has 0 saturated heterocycles. The van der Waals surface area contributed by atoms with E-state index < -0.39 is 0 Å². The Hall–Kier alpha value is -0.800. The lowest BCUT2D eigenvalue weighted by atomic mass is 10.1. The standard InChI is InChI=1S/C11H10OS2/c1-7-6-14-10-4-9(13-2)3-8(5-12)11(7)10/h3-6H,1-2H3. The third-order valence-corrected chi connectivity index (χ3v) is 3.98.